The second-order valence-electron chi connectivity index (χ2n) is 0.803. The first-order valence-electron chi connectivity index (χ1n) is 1.59. The fourth-order valence-electron chi connectivity index (χ4n) is 0.112. The van der Waals surface area contributed by atoms with Crippen LogP contribution in [0, 0.1) is 0 Å². The van der Waals surface area contributed by atoms with Crippen LogP contribution in [0.5, 0.6) is 0 Å². The summed E-state index contributed by atoms with van der Waals surface area (Å²) in [6.07, 6.45) is 0.152. The van der Waals surface area contributed by atoms with Gasteiger partial charge in [-0.1, -0.05) is 0 Å². The molecule has 7 heavy (non-hydrogen) atoms. The molecule has 0 spiro atoms. The van der Waals surface area contributed by atoms with Crippen LogP contribution in [0.2, 0.25) is 0 Å². The van der Waals surface area contributed by atoms with Gasteiger partial charge in [-0.25, -0.2) is 4.79 Å². The Morgan fingerprint density at radius 2 is 2.43 bits per heavy atom. The number of carboxylic acid groups (broad SMARTS) is 1. The zero-order valence-electron chi connectivity index (χ0n) is 3.47. The highest BCUT2D eigenvalue weighted by molar-refractivity contribution is 5.68. The minimum absolute atomic E-state index is 0.255. The van der Waals surface area contributed by atoms with Crippen LogP contribution in [-0.2, 0) is 4.79 Å². The molecule has 0 saturated heterocycles. The molecule has 0 aliphatic carbocycles. The molecule has 2 N–H and O–H groups in total. The number of nitrogens with one attached hydrogen (secondary N) is 1. The Morgan fingerprint density at radius 1 is 1.86 bits per heavy atom. The summed E-state index contributed by atoms with van der Waals surface area (Å²) in [5.41, 5.74) is 0. The van der Waals surface area contributed by atoms with Crippen molar-refractivity contribution in [3.05, 3.63) is 0 Å². The average Bonchev–Trinajstić information content (AvgIpc) is 1.61. The van der Waals surface area contributed by atoms with E-state index in [0.29, 0.717) is 0 Å². The smallest absolute Gasteiger partial charge is 0.405 e. The van der Waals surface area contributed by atoms with Crippen LogP contribution >= 0.6 is 0 Å². The molecular weight excluding hydrogens is 98.0 g/mol. The second-order valence-corrected chi connectivity index (χ2v) is 0.803. The van der Waals surface area contributed by atoms with Crippen molar-refractivity contribution < 1.29 is 14.7 Å². The highest BCUT2D eigenvalue weighted by atomic mass is 16.4. The van der Waals surface area contributed by atoms with Gasteiger partial charge in [0.25, 0.3) is 0 Å². The molecule has 0 aliphatic rings. The third-order valence-corrected chi connectivity index (χ3v) is 0.312. The van der Waals surface area contributed by atoms with Gasteiger partial charge in [-0.3, -0.25) is 4.79 Å². The van der Waals surface area contributed by atoms with Crippen molar-refractivity contribution in [1.29, 1.82) is 0 Å². The molecule has 4 heteroatoms. The lowest BCUT2D eigenvalue weighted by Crippen LogP contribution is -2.22. The molecule has 0 aromatic carbocycles. The fourth-order valence-corrected chi connectivity index (χ4v) is 0.112. The van der Waals surface area contributed by atoms with Crippen LogP contribution in [0.3, 0.4) is 0 Å². The fraction of sp³-hybridized carbons (Fsp3) is 0.333. The molecule has 0 rings (SSSR count). The van der Waals surface area contributed by atoms with Gasteiger partial charge in [0.15, 0.2) is 0 Å². The summed E-state index contributed by atoms with van der Waals surface area (Å²) in [6.45, 7) is -0.255. The van der Waals surface area contributed by atoms with Gasteiger partial charge in [0.05, 0.1) is 6.54 Å². The first kappa shape index (κ1) is 5.94. The summed E-state index contributed by atoms with van der Waals surface area (Å²) in [6, 6.07) is 0. The number of carbonyl (C=O) groups excluding carboxylic acids is 1. The summed E-state index contributed by atoms with van der Waals surface area (Å²) in [5, 5.41) is 9.54. The zero-order chi connectivity index (χ0) is 5.70. The molecule has 0 fully saturated rings. The molecule has 0 atom stereocenters. The Morgan fingerprint density at radius 3 is 2.57 bits per heavy atom. The maximum absolute atomic E-state index is 9.47. The van der Waals surface area contributed by atoms with Crippen molar-refractivity contribution >= 4 is 12.4 Å². The zero-order valence-corrected chi connectivity index (χ0v) is 3.47. The number of amides is 1. The minimum atomic E-state index is -1.21. The Bertz CT molecular complexity index is 80.2. The molecule has 39 valence electrons. The van der Waals surface area contributed by atoms with Crippen LogP contribution in [-0.4, -0.2) is 24.0 Å². The molecule has 0 unspecified atom stereocenters. The van der Waals surface area contributed by atoms with E-state index in [-0.39, 0.29) is 6.54 Å². The third kappa shape index (κ3) is 4.94. The van der Waals surface area contributed by atoms with Crippen molar-refractivity contribution in [2.24, 2.45) is 0 Å². The molecule has 4 nitrogen and oxygen atoms in total. The second kappa shape index (κ2) is 3.14. The first-order valence-corrected chi connectivity index (χ1v) is 1.59. The van der Waals surface area contributed by atoms with Crippen molar-refractivity contribution in [2.75, 3.05) is 6.54 Å². The van der Waals surface area contributed by atoms with Gasteiger partial charge in [-0.2, -0.15) is 0 Å². The van der Waals surface area contributed by atoms with Crippen molar-refractivity contribution in [3.8, 4) is 0 Å². The van der Waals surface area contributed by atoms with E-state index in [1.54, 1.807) is 5.32 Å². The lowest BCUT2D eigenvalue weighted by molar-refractivity contribution is 0.196. The Balaban J connectivity index is 2.97. The van der Waals surface area contributed by atoms with Crippen molar-refractivity contribution in [1.82, 2.24) is 5.32 Å². The predicted molar refractivity (Wildman–Crippen MR) is 21.7 cm³/mol. The van der Waals surface area contributed by atoms with Crippen LogP contribution in [0.4, 0.5) is 4.79 Å². The first-order chi connectivity index (χ1) is 3.27. The Labute approximate surface area is 40.1 Å². The summed E-state index contributed by atoms with van der Waals surface area (Å²) < 4.78 is 0. The quantitative estimate of drug-likeness (QED) is 0.487. The van der Waals surface area contributed by atoms with Crippen LogP contribution in [0.15, 0.2) is 0 Å². The largest absolute Gasteiger partial charge is 0.465 e. The standard InChI is InChI=1S/C3H4NO3/c5-2-1-4-3(6)7/h4H,1H2,(H,6,7). The Hall–Kier alpha value is -1.06. The summed E-state index contributed by atoms with van der Waals surface area (Å²) in [7, 11) is 0. The molecular formula is C3H4NO3. The van der Waals surface area contributed by atoms with Crippen LogP contribution < -0.4 is 5.32 Å². The van der Waals surface area contributed by atoms with E-state index >= 15 is 0 Å². The van der Waals surface area contributed by atoms with E-state index in [1.807, 2.05) is 0 Å². The molecule has 0 aliphatic heterocycles. The van der Waals surface area contributed by atoms with E-state index in [1.165, 1.54) is 6.29 Å². The molecule has 0 heterocycles. The summed E-state index contributed by atoms with van der Waals surface area (Å²) >= 11 is 0. The minimum Gasteiger partial charge on any atom is -0.465 e. The van der Waals surface area contributed by atoms with Crippen molar-refractivity contribution in [2.45, 2.75) is 0 Å². The lowest BCUT2D eigenvalue weighted by Gasteiger charge is -1.85. The lowest BCUT2D eigenvalue weighted by atomic mass is 10.7. The highest BCUT2D eigenvalue weighted by Crippen LogP contribution is 1.53. The number of carbonyl (C=O) groups is 1. The van der Waals surface area contributed by atoms with E-state index in [9.17, 15) is 9.59 Å². The van der Waals surface area contributed by atoms with Gasteiger partial charge >= 0.3 is 6.09 Å². The molecule has 0 bridgehead atoms. The van der Waals surface area contributed by atoms with Gasteiger partial charge in [0.1, 0.15) is 0 Å². The van der Waals surface area contributed by atoms with Crippen molar-refractivity contribution in [3.63, 3.8) is 0 Å². The van der Waals surface area contributed by atoms with E-state index < -0.39 is 6.09 Å². The van der Waals surface area contributed by atoms with E-state index in [4.69, 9.17) is 5.11 Å². The maximum Gasteiger partial charge on any atom is 0.405 e. The van der Waals surface area contributed by atoms with E-state index in [2.05, 4.69) is 0 Å². The number of rotatable bonds is 2. The van der Waals surface area contributed by atoms with Gasteiger partial charge in [-0.15, -0.1) is 0 Å². The molecule has 0 saturated carbocycles. The van der Waals surface area contributed by atoms with Crippen LogP contribution in [0.1, 0.15) is 0 Å². The highest BCUT2D eigenvalue weighted by Gasteiger charge is 1.87. The maximum atomic E-state index is 9.47. The van der Waals surface area contributed by atoms with Gasteiger partial charge < -0.3 is 10.4 Å². The van der Waals surface area contributed by atoms with Gasteiger partial charge in [-0.05, 0) is 0 Å². The topological polar surface area (TPSA) is 66.4 Å². The Kier molecular flexibility index (Phi) is 2.67. The molecule has 0 aromatic rings. The van der Waals surface area contributed by atoms with E-state index in [0.717, 1.165) is 0 Å². The SMILES string of the molecule is O=[C]CNC(=O)O. The van der Waals surface area contributed by atoms with Gasteiger partial charge in [0, 0.05) is 0 Å². The molecule has 1 amide bonds. The third-order valence-electron chi connectivity index (χ3n) is 0.312. The van der Waals surface area contributed by atoms with Crippen LogP contribution in [0.25, 0.3) is 0 Å². The monoisotopic (exact) mass is 102 g/mol. The average molecular weight is 102 g/mol. The normalized spacial score (nSPS) is 7.43. The summed E-state index contributed by atoms with van der Waals surface area (Å²) in [5.74, 6) is 0. The van der Waals surface area contributed by atoms with Gasteiger partial charge in [0.2, 0.25) is 6.29 Å². The molecule has 1 radical (unpaired) electrons. The summed E-state index contributed by atoms with van der Waals surface area (Å²) in [4.78, 5) is 18.7. The number of hydrogen-bond donors (Lipinski definition) is 2. The predicted octanol–water partition coefficient (Wildman–Crippen LogP) is -0.636. The number of hydrogen-bond acceptors (Lipinski definition) is 2. The molecule has 0 aromatic heterocycles.